The number of ether oxygens (including phenoxy) is 1. The lowest BCUT2D eigenvalue weighted by Crippen LogP contribution is -2.53. The summed E-state index contributed by atoms with van der Waals surface area (Å²) in [7, 11) is 0. The number of hydrogen-bond acceptors (Lipinski definition) is 2. The molecule has 26 heavy (non-hydrogen) atoms. The molecule has 0 atom stereocenters. The van der Waals surface area contributed by atoms with Gasteiger partial charge in [0.1, 0.15) is 17.2 Å². The van der Waals surface area contributed by atoms with Crippen LogP contribution in [-0.2, 0) is 13.0 Å². The average molecular weight is 354 g/mol. The van der Waals surface area contributed by atoms with Crippen molar-refractivity contribution in [3.05, 3.63) is 65.5 Å². The summed E-state index contributed by atoms with van der Waals surface area (Å²) < 4.78 is 19.3. The van der Waals surface area contributed by atoms with Gasteiger partial charge in [-0.3, -0.25) is 0 Å². The van der Waals surface area contributed by atoms with Gasteiger partial charge in [0.15, 0.2) is 0 Å². The molecule has 2 heterocycles. The zero-order valence-electron chi connectivity index (χ0n) is 14.7. The molecule has 0 radical (unpaired) electrons. The van der Waals surface area contributed by atoms with Gasteiger partial charge in [-0.15, -0.1) is 0 Å². The Morgan fingerprint density at radius 1 is 1.08 bits per heavy atom. The number of nitrogens with one attached hydrogen (secondary N) is 1. The van der Waals surface area contributed by atoms with Crippen LogP contribution < -0.4 is 10.1 Å². The Bertz CT molecular complexity index is 783. The van der Waals surface area contributed by atoms with Gasteiger partial charge < -0.3 is 15.0 Å². The average Bonchev–Trinajstić information content (AvgIpc) is 2.68. The number of para-hydroxylation sites is 1. The summed E-state index contributed by atoms with van der Waals surface area (Å²) in [5, 5.41) is 2.92. The molecule has 0 aromatic heterocycles. The largest absolute Gasteiger partial charge is 0.487 e. The first-order valence-electron chi connectivity index (χ1n) is 9.18. The molecule has 0 saturated carbocycles. The van der Waals surface area contributed by atoms with Crippen LogP contribution in [0.25, 0.3) is 0 Å². The first-order chi connectivity index (χ1) is 12.6. The molecule has 5 heteroatoms. The second kappa shape index (κ2) is 6.98. The number of carbonyl (C=O) groups excluding carboxylic acids is 1. The maximum absolute atomic E-state index is 12.9. The molecule has 1 saturated heterocycles. The van der Waals surface area contributed by atoms with E-state index in [2.05, 4.69) is 11.4 Å². The summed E-state index contributed by atoms with van der Waals surface area (Å²) in [6.07, 6.45) is 3.75. The van der Waals surface area contributed by atoms with Crippen LogP contribution in [0.3, 0.4) is 0 Å². The van der Waals surface area contributed by atoms with Crippen LogP contribution in [0.5, 0.6) is 5.75 Å². The van der Waals surface area contributed by atoms with Crippen molar-refractivity contribution in [1.29, 1.82) is 0 Å². The van der Waals surface area contributed by atoms with Gasteiger partial charge in [0.2, 0.25) is 0 Å². The maximum Gasteiger partial charge on any atom is 0.317 e. The highest BCUT2D eigenvalue weighted by Crippen LogP contribution is 2.39. The van der Waals surface area contributed by atoms with E-state index in [4.69, 9.17) is 4.74 Å². The minimum atomic E-state index is -0.268. The van der Waals surface area contributed by atoms with Gasteiger partial charge in [-0.1, -0.05) is 30.3 Å². The van der Waals surface area contributed by atoms with Crippen molar-refractivity contribution in [3.63, 3.8) is 0 Å². The number of hydrogen-bond donors (Lipinski definition) is 1. The third kappa shape index (κ3) is 3.52. The molecule has 2 aromatic carbocycles. The third-order valence-electron chi connectivity index (χ3n) is 5.47. The van der Waals surface area contributed by atoms with Crippen LogP contribution in [-0.4, -0.2) is 29.6 Å². The molecular formula is C21H23FN2O2. The lowest BCUT2D eigenvalue weighted by Gasteiger charge is -2.44. The standard InChI is InChI=1S/C21H23FN2O2/c22-18-7-5-16(6-8-18)15-23-20(25)24-13-11-21(12-14-24)10-9-17-3-1-2-4-19(17)26-21/h1-8H,9-15H2,(H,23,25). The van der Waals surface area contributed by atoms with E-state index in [1.165, 1.54) is 17.7 Å². The van der Waals surface area contributed by atoms with Gasteiger partial charge in [-0.2, -0.15) is 0 Å². The molecule has 0 unspecified atom stereocenters. The van der Waals surface area contributed by atoms with Crippen molar-refractivity contribution in [2.45, 2.75) is 37.8 Å². The Hall–Kier alpha value is -2.56. The molecule has 4 rings (SSSR count). The van der Waals surface area contributed by atoms with Crippen molar-refractivity contribution >= 4 is 6.03 Å². The quantitative estimate of drug-likeness (QED) is 0.889. The van der Waals surface area contributed by atoms with Crippen molar-refractivity contribution in [3.8, 4) is 5.75 Å². The number of halogens is 1. The van der Waals surface area contributed by atoms with E-state index in [0.717, 1.165) is 37.0 Å². The maximum atomic E-state index is 12.9. The van der Waals surface area contributed by atoms with Gasteiger partial charge in [0.25, 0.3) is 0 Å². The first kappa shape index (κ1) is 16.9. The summed E-state index contributed by atoms with van der Waals surface area (Å²) in [5.41, 5.74) is 2.03. The molecule has 1 fully saturated rings. The fourth-order valence-corrected chi connectivity index (χ4v) is 3.82. The van der Waals surface area contributed by atoms with E-state index >= 15 is 0 Å². The zero-order chi connectivity index (χ0) is 18.0. The molecule has 1 N–H and O–H groups in total. The number of carbonyl (C=O) groups is 1. The molecule has 4 nitrogen and oxygen atoms in total. The van der Waals surface area contributed by atoms with E-state index in [9.17, 15) is 9.18 Å². The summed E-state index contributed by atoms with van der Waals surface area (Å²) >= 11 is 0. The van der Waals surface area contributed by atoms with Crippen LogP contribution in [0.4, 0.5) is 9.18 Å². The van der Waals surface area contributed by atoms with Crippen LogP contribution >= 0.6 is 0 Å². The number of nitrogens with zero attached hydrogens (tertiary/aromatic N) is 1. The molecule has 2 aromatic rings. The van der Waals surface area contributed by atoms with E-state index in [1.54, 1.807) is 12.1 Å². The molecule has 0 bridgehead atoms. The van der Waals surface area contributed by atoms with Gasteiger partial charge in [0, 0.05) is 32.5 Å². The minimum Gasteiger partial charge on any atom is -0.487 e. The van der Waals surface area contributed by atoms with Crippen LogP contribution in [0.2, 0.25) is 0 Å². The Morgan fingerprint density at radius 3 is 2.58 bits per heavy atom. The molecule has 136 valence electrons. The van der Waals surface area contributed by atoms with Crippen LogP contribution in [0, 0.1) is 5.82 Å². The number of benzene rings is 2. The van der Waals surface area contributed by atoms with E-state index in [0.29, 0.717) is 19.6 Å². The van der Waals surface area contributed by atoms with Crippen molar-refractivity contribution in [2.75, 3.05) is 13.1 Å². The monoisotopic (exact) mass is 354 g/mol. The summed E-state index contributed by atoms with van der Waals surface area (Å²) in [6, 6.07) is 14.3. The van der Waals surface area contributed by atoms with Crippen molar-refractivity contribution in [2.24, 2.45) is 0 Å². The zero-order valence-corrected chi connectivity index (χ0v) is 14.7. The Labute approximate surface area is 153 Å². The number of rotatable bonds is 2. The van der Waals surface area contributed by atoms with Gasteiger partial charge in [-0.25, -0.2) is 9.18 Å². The lowest BCUT2D eigenvalue weighted by molar-refractivity contribution is -0.00553. The normalized spacial score (nSPS) is 18.1. The van der Waals surface area contributed by atoms with Crippen molar-refractivity contribution in [1.82, 2.24) is 10.2 Å². The van der Waals surface area contributed by atoms with Crippen LogP contribution in [0.1, 0.15) is 30.4 Å². The highest BCUT2D eigenvalue weighted by Gasteiger charge is 2.40. The highest BCUT2D eigenvalue weighted by atomic mass is 19.1. The Balaban J connectivity index is 1.31. The fourth-order valence-electron chi connectivity index (χ4n) is 3.82. The molecule has 2 amide bonds. The Kier molecular flexibility index (Phi) is 4.53. The van der Waals surface area contributed by atoms with E-state index < -0.39 is 0 Å². The minimum absolute atomic E-state index is 0.0691. The molecule has 2 aliphatic rings. The smallest absolute Gasteiger partial charge is 0.317 e. The first-order valence-corrected chi connectivity index (χ1v) is 9.18. The van der Waals surface area contributed by atoms with E-state index in [-0.39, 0.29) is 17.4 Å². The topological polar surface area (TPSA) is 41.6 Å². The molecule has 2 aliphatic heterocycles. The SMILES string of the molecule is O=C(NCc1ccc(F)cc1)N1CCC2(CCc3ccccc3O2)CC1. The molecule has 1 spiro atoms. The summed E-state index contributed by atoms with van der Waals surface area (Å²) in [5.74, 6) is 0.725. The van der Waals surface area contributed by atoms with Gasteiger partial charge >= 0.3 is 6.03 Å². The third-order valence-corrected chi connectivity index (χ3v) is 5.47. The number of amides is 2. The molecular weight excluding hydrogens is 331 g/mol. The predicted octanol–water partition coefficient (Wildman–Crippen LogP) is 3.90. The number of fused-ring (bicyclic) bond motifs is 1. The fraction of sp³-hybridized carbons (Fsp3) is 0.381. The summed E-state index contributed by atoms with van der Waals surface area (Å²) in [4.78, 5) is 14.3. The number of aryl methyl sites for hydroxylation is 1. The number of piperidine rings is 1. The summed E-state index contributed by atoms with van der Waals surface area (Å²) in [6.45, 7) is 1.79. The second-order valence-electron chi connectivity index (χ2n) is 7.17. The van der Waals surface area contributed by atoms with Gasteiger partial charge in [0.05, 0.1) is 0 Å². The van der Waals surface area contributed by atoms with Gasteiger partial charge in [-0.05, 0) is 42.2 Å². The van der Waals surface area contributed by atoms with Crippen LogP contribution in [0.15, 0.2) is 48.5 Å². The Morgan fingerprint density at radius 2 is 1.81 bits per heavy atom. The predicted molar refractivity (Wildman–Crippen MR) is 97.6 cm³/mol. The highest BCUT2D eigenvalue weighted by molar-refractivity contribution is 5.74. The van der Waals surface area contributed by atoms with E-state index in [1.807, 2.05) is 23.1 Å². The second-order valence-corrected chi connectivity index (χ2v) is 7.17. The number of likely N-dealkylation sites (tertiary alicyclic amines) is 1. The number of urea groups is 1. The lowest BCUT2D eigenvalue weighted by atomic mass is 9.83. The van der Waals surface area contributed by atoms with Crippen molar-refractivity contribution < 1.29 is 13.9 Å². The molecule has 0 aliphatic carbocycles.